The van der Waals surface area contributed by atoms with Gasteiger partial charge in [0.2, 0.25) is 10.0 Å². The van der Waals surface area contributed by atoms with E-state index in [4.69, 9.17) is 10.5 Å². The first-order valence-corrected chi connectivity index (χ1v) is 7.99. The molecule has 1 atom stereocenters. The van der Waals surface area contributed by atoms with Crippen LogP contribution in [0.25, 0.3) is 0 Å². The van der Waals surface area contributed by atoms with Crippen molar-refractivity contribution in [2.45, 2.75) is 17.9 Å². The maximum Gasteiger partial charge on any atom is 0.246 e. The Balaban J connectivity index is 2.32. The van der Waals surface area contributed by atoms with Crippen LogP contribution in [0.1, 0.15) is 12.5 Å². The highest BCUT2D eigenvalue weighted by Gasteiger charge is 2.31. The Hall–Kier alpha value is -1.46. The largest absolute Gasteiger partial charge is 0.376 e. The van der Waals surface area contributed by atoms with Gasteiger partial charge in [0.25, 0.3) is 0 Å². The van der Waals surface area contributed by atoms with Crippen LogP contribution >= 0.6 is 0 Å². The van der Waals surface area contributed by atoms with E-state index in [1.54, 1.807) is 6.92 Å². The van der Waals surface area contributed by atoms with Crippen LogP contribution in [-0.4, -0.2) is 45.1 Å². The molecular weight excluding hydrogens is 295 g/mol. The molecule has 1 unspecified atom stereocenters. The number of ether oxygens (including phenoxy) is 1. The molecule has 1 aromatic carbocycles. The van der Waals surface area contributed by atoms with Crippen LogP contribution in [0.4, 0.5) is 4.39 Å². The molecule has 1 aromatic rings. The average molecular weight is 312 g/mol. The van der Waals surface area contributed by atoms with Crippen LogP contribution < -0.4 is 5.73 Å². The Bertz CT molecular complexity index is 679. The van der Waals surface area contributed by atoms with E-state index in [0.29, 0.717) is 12.2 Å². The minimum atomic E-state index is -3.86. The summed E-state index contributed by atoms with van der Waals surface area (Å²) in [5.41, 5.74) is 5.64. The minimum absolute atomic E-state index is 0.160. The number of benzene rings is 1. The molecule has 0 aliphatic carbocycles. The van der Waals surface area contributed by atoms with Crippen molar-refractivity contribution < 1.29 is 17.5 Å². The highest BCUT2D eigenvalue weighted by atomic mass is 32.2. The third-order valence-electron chi connectivity index (χ3n) is 3.09. The third-order valence-corrected chi connectivity index (χ3v) is 4.99. The highest BCUT2D eigenvalue weighted by molar-refractivity contribution is 7.89. The molecule has 1 aliphatic rings. The Morgan fingerprint density at radius 2 is 2.29 bits per heavy atom. The van der Waals surface area contributed by atoms with E-state index in [-0.39, 0.29) is 30.6 Å². The Kier molecular flexibility index (Phi) is 4.96. The maximum absolute atomic E-state index is 14.1. The standard InChI is InChI=1S/C14H17FN2O3S/c1-11-10-17(7-8-20-11)21(18,19)14-5-4-12(3-2-6-16)9-13(14)15/h4-5,9,11H,6-8,10,16H2,1H3. The van der Waals surface area contributed by atoms with E-state index < -0.39 is 15.8 Å². The van der Waals surface area contributed by atoms with Crippen molar-refractivity contribution in [3.8, 4) is 11.8 Å². The molecule has 0 saturated carbocycles. The number of hydrogen-bond donors (Lipinski definition) is 1. The third kappa shape index (κ3) is 3.60. The summed E-state index contributed by atoms with van der Waals surface area (Å²) in [7, 11) is -3.86. The number of nitrogens with two attached hydrogens (primary N) is 1. The second kappa shape index (κ2) is 6.54. The zero-order chi connectivity index (χ0) is 15.5. The van der Waals surface area contributed by atoms with Crippen LogP contribution in [0.5, 0.6) is 0 Å². The van der Waals surface area contributed by atoms with E-state index in [0.717, 1.165) is 6.07 Å². The van der Waals surface area contributed by atoms with Crippen molar-refractivity contribution >= 4 is 10.0 Å². The van der Waals surface area contributed by atoms with Gasteiger partial charge in [-0.25, -0.2) is 12.8 Å². The number of rotatable bonds is 2. The van der Waals surface area contributed by atoms with E-state index in [1.165, 1.54) is 16.4 Å². The summed E-state index contributed by atoms with van der Waals surface area (Å²) in [6, 6.07) is 3.83. The second-order valence-electron chi connectivity index (χ2n) is 4.70. The summed E-state index contributed by atoms with van der Waals surface area (Å²) in [6.07, 6.45) is -0.203. The number of morpholine rings is 1. The normalized spacial score (nSPS) is 19.9. The van der Waals surface area contributed by atoms with E-state index in [2.05, 4.69) is 11.8 Å². The molecule has 114 valence electrons. The van der Waals surface area contributed by atoms with E-state index >= 15 is 0 Å². The summed E-state index contributed by atoms with van der Waals surface area (Å²) in [6.45, 7) is 2.69. The number of halogens is 1. The molecule has 2 rings (SSSR count). The first-order valence-electron chi connectivity index (χ1n) is 6.55. The van der Waals surface area contributed by atoms with Gasteiger partial charge in [-0.05, 0) is 25.1 Å². The SMILES string of the molecule is CC1CN(S(=O)(=O)c2ccc(C#CCN)cc2F)CCO1. The summed E-state index contributed by atoms with van der Waals surface area (Å²) in [4.78, 5) is -0.338. The quantitative estimate of drug-likeness (QED) is 0.809. The van der Waals surface area contributed by atoms with Gasteiger partial charge in [-0.3, -0.25) is 0 Å². The van der Waals surface area contributed by atoms with Gasteiger partial charge in [0.1, 0.15) is 10.7 Å². The van der Waals surface area contributed by atoms with Crippen LogP contribution in [0.3, 0.4) is 0 Å². The van der Waals surface area contributed by atoms with Gasteiger partial charge in [0.05, 0.1) is 19.3 Å². The minimum Gasteiger partial charge on any atom is -0.376 e. The number of nitrogens with zero attached hydrogens (tertiary/aromatic N) is 1. The maximum atomic E-state index is 14.1. The van der Waals surface area contributed by atoms with Gasteiger partial charge in [0, 0.05) is 18.7 Å². The van der Waals surface area contributed by atoms with Crippen molar-refractivity contribution in [3.05, 3.63) is 29.6 Å². The van der Waals surface area contributed by atoms with Crippen LogP contribution in [0, 0.1) is 17.7 Å². The molecule has 1 heterocycles. The molecule has 2 N–H and O–H groups in total. The summed E-state index contributed by atoms with van der Waals surface area (Å²) < 4.78 is 45.5. The Morgan fingerprint density at radius 1 is 1.52 bits per heavy atom. The van der Waals surface area contributed by atoms with Gasteiger partial charge < -0.3 is 10.5 Å². The van der Waals surface area contributed by atoms with Gasteiger partial charge >= 0.3 is 0 Å². The second-order valence-corrected chi connectivity index (χ2v) is 6.60. The van der Waals surface area contributed by atoms with Crippen molar-refractivity contribution in [2.75, 3.05) is 26.2 Å². The van der Waals surface area contributed by atoms with Crippen molar-refractivity contribution in [2.24, 2.45) is 5.73 Å². The summed E-state index contributed by atoms with van der Waals surface area (Å²) in [5.74, 6) is 4.45. The van der Waals surface area contributed by atoms with Crippen molar-refractivity contribution in [3.63, 3.8) is 0 Å². The zero-order valence-electron chi connectivity index (χ0n) is 11.7. The summed E-state index contributed by atoms with van der Waals surface area (Å²) in [5, 5.41) is 0. The monoisotopic (exact) mass is 312 g/mol. The predicted octanol–water partition coefficient (Wildman–Crippen LogP) is 0.545. The van der Waals surface area contributed by atoms with Crippen molar-refractivity contribution in [1.29, 1.82) is 0 Å². The van der Waals surface area contributed by atoms with Crippen LogP contribution in [0.2, 0.25) is 0 Å². The van der Waals surface area contributed by atoms with Gasteiger partial charge in [0.15, 0.2) is 0 Å². The fourth-order valence-electron chi connectivity index (χ4n) is 2.08. The Morgan fingerprint density at radius 3 is 2.90 bits per heavy atom. The lowest BCUT2D eigenvalue weighted by atomic mass is 10.2. The lowest BCUT2D eigenvalue weighted by Crippen LogP contribution is -2.44. The number of hydrogen-bond acceptors (Lipinski definition) is 4. The molecular formula is C14H17FN2O3S. The smallest absolute Gasteiger partial charge is 0.246 e. The first kappa shape index (κ1) is 15.9. The molecule has 1 saturated heterocycles. The highest BCUT2D eigenvalue weighted by Crippen LogP contribution is 2.22. The topological polar surface area (TPSA) is 72.6 Å². The molecule has 5 nitrogen and oxygen atoms in total. The van der Waals surface area contributed by atoms with Gasteiger partial charge in [-0.2, -0.15) is 4.31 Å². The van der Waals surface area contributed by atoms with Crippen LogP contribution in [-0.2, 0) is 14.8 Å². The van der Waals surface area contributed by atoms with Gasteiger partial charge in [-0.15, -0.1) is 0 Å². The molecule has 0 bridgehead atoms. The van der Waals surface area contributed by atoms with Crippen molar-refractivity contribution in [1.82, 2.24) is 4.31 Å². The molecule has 0 aromatic heterocycles. The lowest BCUT2D eigenvalue weighted by Gasteiger charge is -2.30. The molecule has 0 amide bonds. The predicted molar refractivity (Wildman–Crippen MR) is 76.5 cm³/mol. The van der Waals surface area contributed by atoms with E-state index in [9.17, 15) is 12.8 Å². The molecule has 7 heteroatoms. The zero-order valence-corrected chi connectivity index (χ0v) is 12.5. The Labute approximate surface area is 123 Å². The number of sulfonamides is 1. The molecule has 1 aliphatic heterocycles. The summed E-state index contributed by atoms with van der Waals surface area (Å²) >= 11 is 0. The van der Waals surface area contributed by atoms with E-state index in [1.807, 2.05) is 0 Å². The fourth-order valence-corrected chi connectivity index (χ4v) is 3.63. The fraction of sp³-hybridized carbons (Fsp3) is 0.429. The molecule has 0 radical (unpaired) electrons. The van der Waals surface area contributed by atoms with Gasteiger partial charge in [-0.1, -0.05) is 11.8 Å². The average Bonchev–Trinajstić information content (AvgIpc) is 2.45. The molecule has 0 spiro atoms. The molecule has 1 fully saturated rings. The lowest BCUT2D eigenvalue weighted by molar-refractivity contribution is 0.0101. The van der Waals surface area contributed by atoms with Crippen LogP contribution in [0.15, 0.2) is 23.1 Å². The first-order chi connectivity index (χ1) is 9.95. The molecule has 21 heavy (non-hydrogen) atoms.